The van der Waals surface area contributed by atoms with Crippen molar-refractivity contribution in [2.75, 3.05) is 0 Å². The van der Waals surface area contributed by atoms with E-state index in [-0.39, 0.29) is 5.82 Å². The van der Waals surface area contributed by atoms with Gasteiger partial charge in [0.15, 0.2) is 0 Å². The first-order chi connectivity index (χ1) is 7.91. The predicted octanol–water partition coefficient (Wildman–Crippen LogP) is -0.814. The van der Waals surface area contributed by atoms with Gasteiger partial charge in [0.05, 0.1) is 5.82 Å². The molecule has 17 heavy (non-hydrogen) atoms. The first kappa shape index (κ1) is 12.6. The average Bonchev–Trinajstić information content (AvgIpc) is 2.25. The number of rotatable bonds is 4. The predicted molar refractivity (Wildman–Crippen MR) is 63.6 cm³/mol. The Kier molecular flexibility index (Phi) is 3.71. The van der Waals surface area contributed by atoms with Gasteiger partial charge >= 0.3 is 0 Å². The molecule has 6 nitrogen and oxygen atoms in total. The van der Waals surface area contributed by atoms with Crippen molar-refractivity contribution in [3.63, 3.8) is 0 Å². The molecule has 0 aromatic heterocycles. The molecule has 0 radical (unpaired) electrons. The molecule has 1 aromatic rings. The first-order valence-electron chi connectivity index (χ1n) is 4.85. The van der Waals surface area contributed by atoms with E-state index in [0.29, 0.717) is 23.1 Å². The Hall–Kier alpha value is -2.50. The quantitative estimate of drug-likeness (QED) is 0.540. The Morgan fingerprint density at radius 1 is 1.06 bits per heavy atom. The molecule has 6 heteroatoms. The van der Waals surface area contributed by atoms with Gasteiger partial charge in [0.25, 0.3) is 0 Å². The van der Waals surface area contributed by atoms with Crippen molar-refractivity contribution < 1.29 is 9.59 Å². The van der Waals surface area contributed by atoms with Gasteiger partial charge in [0.1, 0.15) is 0 Å². The second kappa shape index (κ2) is 5.02. The van der Waals surface area contributed by atoms with Crippen LogP contribution in [0.25, 0.3) is 0 Å². The van der Waals surface area contributed by atoms with Crippen LogP contribution < -0.4 is 22.9 Å². The molecule has 0 spiro atoms. The van der Waals surface area contributed by atoms with Crippen LogP contribution in [0.3, 0.4) is 0 Å². The number of amides is 2. The maximum Gasteiger partial charge on any atom is 0.248 e. The highest BCUT2D eigenvalue weighted by molar-refractivity contribution is 5.97. The third-order valence-corrected chi connectivity index (χ3v) is 2.21. The first-order valence-corrected chi connectivity index (χ1v) is 4.85. The fraction of sp³-hybridized carbons (Fsp3) is 0.0909. The minimum atomic E-state index is -0.583. The number of carbonyl (C=O) groups excluding carboxylic acids is 2. The van der Waals surface area contributed by atoms with Gasteiger partial charge in [-0.05, 0) is 36.3 Å². The highest BCUT2D eigenvalue weighted by atomic mass is 16.1. The fourth-order valence-corrected chi connectivity index (χ4v) is 1.38. The van der Waals surface area contributed by atoms with E-state index in [1.54, 1.807) is 0 Å². The Balaban J connectivity index is 3.20. The van der Waals surface area contributed by atoms with Crippen molar-refractivity contribution in [3.8, 4) is 0 Å². The van der Waals surface area contributed by atoms with E-state index in [0.717, 1.165) is 0 Å². The molecule has 0 heterocycles. The monoisotopic (exact) mass is 234 g/mol. The number of nitrogens with two attached hydrogens (primary N) is 4. The third kappa shape index (κ3) is 3.23. The van der Waals surface area contributed by atoms with Crippen molar-refractivity contribution in [2.24, 2.45) is 22.9 Å². The van der Waals surface area contributed by atoms with Crippen LogP contribution in [0.2, 0.25) is 0 Å². The molecule has 0 aliphatic rings. The van der Waals surface area contributed by atoms with Gasteiger partial charge < -0.3 is 22.9 Å². The number of benzene rings is 1. The standard InChI is InChI=1S/C11H14N4O2/c12-9(13)4-2-6-5-7(10(14)16)1-3-8(6)11(15)17/h1,3-5H,2,12-13H2,(H2,14,16)(H2,15,17). The van der Waals surface area contributed by atoms with Gasteiger partial charge in [-0.2, -0.15) is 0 Å². The van der Waals surface area contributed by atoms with Crippen molar-refractivity contribution in [1.82, 2.24) is 0 Å². The summed E-state index contributed by atoms with van der Waals surface area (Å²) in [4.78, 5) is 22.2. The summed E-state index contributed by atoms with van der Waals surface area (Å²) in [6, 6.07) is 4.40. The number of hydrogen-bond donors (Lipinski definition) is 4. The molecule has 0 aliphatic carbocycles. The zero-order valence-corrected chi connectivity index (χ0v) is 9.14. The lowest BCUT2D eigenvalue weighted by Crippen LogP contribution is -2.17. The minimum absolute atomic E-state index is 0.130. The zero-order chi connectivity index (χ0) is 13.0. The molecule has 0 fully saturated rings. The molecule has 1 rings (SSSR count). The van der Waals surface area contributed by atoms with E-state index in [4.69, 9.17) is 22.9 Å². The summed E-state index contributed by atoms with van der Waals surface area (Å²) in [5.41, 5.74) is 22.1. The Morgan fingerprint density at radius 2 is 1.71 bits per heavy atom. The Bertz CT molecular complexity index is 490. The Morgan fingerprint density at radius 3 is 2.18 bits per heavy atom. The lowest BCUT2D eigenvalue weighted by Gasteiger charge is -2.06. The van der Waals surface area contributed by atoms with Crippen LogP contribution in [0.1, 0.15) is 26.3 Å². The van der Waals surface area contributed by atoms with E-state index in [9.17, 15) is 9.59 Å². The van der Waals surface area contributed by atoms with E-state index >= 15 is 0 Å². The van der Waals surface area contributed by atoms with Gasteiger partial charge in [-0.1, -0.05) is 0 Å². The minimum Gasteiger partial charge on any atom is -0.386 e. The van der Waals surface area contributed by atoms with Crippen molar-refractivity contribution in [2.45, 2.75) is 6.42 Å². The second-order valence-corrected chi connectivity index (χ2v) is 3.51. The summed E-state index contributed by atoms with van der Waals surface area (Å²) in [7, 11) is 0. The molecule has 0 aliphatic heterocycles. The second-order valence-electron chi connectivity index (χ2n) is 3.51. The lowest BCUT2D eigenvalue weighted by atomic mass is 10.0. The summed E-state index contributed by atoms with van der Waals surface area (Å²) < 4.78 is 0. The van der Waals surface area contributed by atoms with Gasteiger partial charge in [-0.25, -0.2) is 0 Å². The molecule has 2 amide bonds. The van der Waals surface area contributed by atoms with Crippen LogP contribution in [0.15, 0.2) is 30.1 Å². The van der Waals surface area contributed by atoms with Crippen molar-refractivity contribution in [1.29, 1.82) is 0 Å². The molecule has 8 N–H and O–H groups in total. The SMILES string of the molecule is NC(=O)c1ccc(C(N)=O)c(CC=C(N)N)c1. The maximum absolute atomic E-state index is 11.2. The molecule has 90 valence electrons. The molecule has 0 bridgehead atoms. The molecule has 0 atom stereocenters. The van der Waals surface area contributed by atoms with Crippen LogP contribution in [-0.2, 0) is 6.42 Å². The van der Waals surface area contributed by atoms with Gasteiger partial charge in [-0.15, -0.1) is 0 Å². The van der Waals surface area contributed by atoms with Crippen molar-refractivity contribution >= 4 is 11.8 Å². The zero-order valence-electron chi connectivity index (χ0n) is 9.14. The summed E-state index contributed by atoms with van der Waals surface area (Å²) in [5, 5.41) is 0. The van der Waals surface area contributed by atoms with Crippen LogP contribution in [0.4, 0.5) is 0 Å². The summed E-state index contributed by atoms with van der Waals surface area (Å²) in [6.07, 6.45) is 1.83. The van der Waals surface area contributed by atoms with E-state index in [1.165, 1.54) is 24.3 Å². The van der Waals surface area contributed by atoms with Gasteiger partial charge in [0, 0.05) is 11.1 Å². The van der Waals surface area contributed by atoms with Crippen LogP contribution in [0.5, 0.6) is 0 Å². The third-order valence-electron chi connectivity index (χ3n) is 2.21. The molecule has 1 aromatic carbocycles. The number of allylic oxidation sites excluding steroid dienone is 1. The number of hydrogen-bond acceptors (Lipinski definition) is 4. The Labute approximate surface area is 98.2 Å². The van der Waals surface area contributed by atoms with Crippen LogP contribution in [-0.4, -0.2) is 11.8 Å². The fourth-order valence-electron chi connectivity index (χ4n) is 1.38. The molecule has 0 saturated carbocycles. The molecule has 0 unspecified atom stereocenters. The number of carbonyl (C=O) groups is 2. The van der Waals surface area contributed by atoms with Crippen molar-refractivity contribution in [3.05, 3.63) is 46.8 Å². The van der Waals surface area contributed by atoms with E-state index in [2.05, 4.69) is 0 Å². The highest BCUT2D eigenvalue weighted by Crippen LogP contribution is 2.13. The topological polar surface area (TPSA) is 138 Å². The maximum atomic E-state index is 11.2. The molecular weight excluding hydrogens is 220 g/mol. The molecular formula is C11H14N4O2. The van der Waals surface area contributed by atoms with Crippen LogP contribution in [0, 0.1) is 0 Å². The smallest absolute Gasteiger partial charge is 0.248 e. The lowest BCUT2D eigenvalue weighted by molar-refractivity contribution is 0.0987. The van der Waals surface area contributed by atoms with Gasteiger partial charge in [0.2, 0.25) is 11.8 Å². The van der Waals surface area contributed by atoms with Crippen LogP contribution >= 0.6 is 0 Å². The van der Waals surface area contributed by atoms with Gasteiger partial charge in [-0.3, -0.25) is 9.59 Å². The largest absolute Gasteiger partial charge is 0.386 e. The van der Waals surface area contributed by atoms with E-state index < -0.39 is 11.8 Å². The summed E-state index contributed by atoms with van der Waals surface area (Å²) in [5.74, 6) is -1.03. The van der Waals surface area contributed by atoms with E-state index in [1.807, 2.05) is 0 Å². The normalized spacial score (nSPS) is 9.65. The highest BCUT2D eigenvalue weighted by Gasteiger charge is 2.10. The summed E-state index contributed by atoms with van der Waals surface area (Å²) >= 11 is 0. The average molecular weight is 234 g/mol. The summed E-state index contributed by atoms with van der Waals surface area (Å²) in [6.45, 7) is 0. The number of primary amides is 2. The molecule has 0 saturated heterocycles.